The quantitative estimate of drug-likeness (QED) is 0.0421. The Hall–Kier alpha value is -10.7. The third-order valence-electron chi connectivity index (χ3n) is 18.9. The summed E-state index contributed by atoms with van der Waals surface area (Å²) in [6, 6.07) is 29.1. The number of carbonyl (C=O) groups excluding carboxylic acids is 3. The summed E-state index contributed by atoms with van der Waals surface area (Å²) in [5.41, 5.74) is -4.90. The average molecular weight is 2010 g/mol. The van der Waals surface area contributed by atoms with Gasteiger partial charge in [0.2, 0.25) is 0 Å². The fourth-order valence-corrected chi connectivity index (χ4v) is 14.8. The molecule has 14 heterocycles. The van der Waals surface area contributed by atoms with Crippen molar-refractivity contribution in [2.45, 2.75) is 56.3 Å². The highest BCUT2D eigenvalue weighted by atomic mass is 79.9. The van der Waals surface area contributed by atoms with Crippen LogP contribution in [0.1, 0.15) is 113 Å². The number of carbonyl (C=O) groups is 4. The smallest absolute Gasteiger partial charge is 0.476 e. The van der Waals surface area contributed by atoms with Crippen molar-refractivity contribution in [2.24, 2.45) is 0 Å². The van der Waals surface area contributed by atoms with Crippen LogP contribution < -0.4 is 16.2 Å². The summed E-state index contributed by atoms with van der Waals surface area (Å²) in [6.45, 7) is 2.49. The monoisotopic (exact) mass is 2000 g/mol. The molecular formula is C79H60B2Br2Cl5F15N14O10. The molecule has 0 bridgehead atoms. The summed E-state index contributed by atoms with van der Waals surface area (Å²) in [5, 5.41) is 46.6. The van der Waals surface area contributed by atoms with Gasteiger partial charge in [0.25, 0.3) is 11.8 Å². The molecule has 0 spiro atoms. The van der Waals surface area contributed by atoms with Crippen LogP contribution in [0.15, 0.2) is 186 Å². The van der Waals surface area contributed by atoms with Crippen LogP contribution in [0.4, 0.5) is 65.9 Å². The molecule has 0 unspecified atom stereocenters. The molecule has 127 heavy (non-hydrogen) atoms. The average Bonchev–Trinajstić information content (AvgIpc) is 1.63. The minimum absolute atomic E-state index is 0. The van der Waals surface area contributed by atoms with Crippen molar-refractivity contribution in [1.82, 2.24) is 67.6 Å². The number of amides is 2. The minimum Gasteiger partial charge on any atom is -0.476 e. The van der Waals surface area contributed by atoms with Crippen LogP contribution in [0.5, 0.6) is 0 Å². The number of fused-ring (bicyclic) bond motifs is 4. The first-order valence-electron chi connectivity index (χ1n) is 36.6. The third-order valence-corrected chi connectivity index (χ3v) is 21.3. The Morgan fingerprint density at radius 3 is 1.24 bits per heavy atom. The van der Waals surface area contributed by atoms with Crippen molar-refractivity contribution < 1.29 is 115 Å². The Morgan fingerprint density at radius 1 is 0.472 bits per heavy atom. The van der Waals surface area contributed by atoms with Gasteiger partial charge in [-0.15, -0.1) is 12.4 Å². The molecule has 24 nitrogen and oxygen atoms in total. The van der Waals surface area contributed by atoms with Crippen LogP contribution >= 0.6 is 90.7 Å². The highest BCUT2D eigenvalue weighted by Crippen LogP contribution is 2.42. The van der Waals surface area contributed by atoms with Gasteiger partial charge in [-0.25, -0.2) is 42.7 Å². The first kappa shape index (κ1) is 98.5. The Balaban J connectivity index is 0.000000167. The number of rotatable bonds is 10. The van der Waals surface area contributed by atoms with Gasteiger partial charge in [-0.3, -0.25) is 42.1 Å². The molecular weight excluding hydrogens is 1950 g/mol. The lowest BCUT2D eigenvalue weighted by molar-refractivity contribution is -0.137. The summed E-state index contributed by atoms with van der Waals surface area (Å²) in [7, 11) is -2.44. The number of nitrogens with zero attached hydrogens (tertiary/aromatic N) is 13. The zero-order chi connectivity index (χ0) is 91.8. The van der Waals surface area contributed by atoms with E-state index >= 15 is 0 Å². The predicted molar refractivity (Wildman–Crippen MR) is 448 cm³/mol. The lowest BCUT2D eigenvalue weighted by Crippen LogP contribution is -2.35. The zero-order valence-electron chi connectivity index (χ0n) is 64.5. The number of carboxylic acids is 1. The maximum absolute atomic E-state index is 14.0. The molecule has 6 N–H and O–H groups in total. The molecule has 1 saturated heterocycles. The van der Waals surface area contributed by atoms with Crippen molar-refractivity contribution in [2.75, 3.05) is 46.4 Å². The van der Waals surface area contributed by atoms with E-state index in [0.717, 1.165) is 75.0 Å². The summed E-state index contributed by atoms with van der Waals surface area (Å²) >= 11 is 29.9. The number of carboxylic acid groups (broad SMARTS) is 1. The van der Waals surface area contributed by atoms with Gasteiger partial charge >= 0.3 is 50.9 Å². The SMILES string of the molecule is COC(=O)c1nc2c(C(F)(F)F)cc(Br)cn2c1Cl.Cl.Fc1cccnc1C1CCNCC1.O=C(O)c1nc2c(C(F)(F)F)cc(Br)cn2c1Cl.O=C(c1nc2c(C(F)(F)F)cc(-c3ccccc3)cn2c1Cl)N1CC=C(c2ncccc2F)CC1.O=C(c1nc2c(C(F)(F)F)cc(B(O)O)cn2c1Cl)N1CC=C(c2ncccc2F)CC1.OB(O)c1ccccc1. The van der Waals surface area contributed by atoms with E-state index in [2.05, 4.69) is 76.8 Å². The number of imidazole rings is 4. The highest BCUT2D eigenvalue weighted by Gasteiger charge is 2.42. The number of piperidine rings is 1. The number of alkyl halides is 12. The largest absolute Gasteiger partial charge is 0.489 e. The van der Waals surface area contributed by atoms with E-state index in [-0.39, 0.29) is 104 Å². The minimum atomic E-state index is -4.88. The topological polar surface area (TPSA) is 305 Å². The molecule has 11 aromatic heterocycles. The second kappa shape index (κ2) is 41.6. The number of nitrogens with one attached hydrogen (secondary N) is 1. The van der Waals surface area contributed by atoms with Crippen LogP contribution in [-0.4, -0.2) is 172 Å². The lowest BCUT2D eigenvalue weighted by Gasteiger charge is -2.25. The maximum Gasteiger partial charge on any atom is 0.489 e. The number of hydrogen-bond acceptors (Lipinski definition) is 17. The van der Waals surface area contributed by atoms with E-state index < -0.39 is 141 Å². The molecule has 0 atom stereocenters. The Bertz CT molecular complexity index is 6290. The number of aromatic nitrogens is 11. The maximum atomic E-state index is 14.0. The molecule has 13 aromatic rings. The number of hydrogen-bond donors (Lipinski definition) is 6. The summed E-state index contributed by atoms with van der Waals surface area (Å²) < 4.78 is 209. The lowest BCUT2D eigenvalue weighted by atomic mass is 9.81. The van der Waals surface area contributed by atoms with Gasteiger partial charge < -0.3 is 45.1 Å². The van der Waals surface area contributed by atoms with Crippen LogP contribution in [-0.2, 0) is 29.4 Å². The fraction of sp³-hybridized carbons (Fsp3) is 0.203. The summed E-state index contributed by atoms with van der Waals surface area (Å²) in [5.74, 6) is -4.53. The van der Waals surface area contributed by atoms with E-state index in [4.69, 9.17) is 61.6 Å². The number of benzene rings is 2. The summed E-state index contributed by atoms with van der Waals surface area (Å²) in [4.78, 5) is 78.0. The Labute approximate surface area is 750 Å². The zero-order valence-corrected chi connectivity index (χ0v) is 71.5. The van der Waals surface area contributed by atoms with Crippen molar-refractivity contribution in [3.05, 3.63) is 286 Å². The van der Waals surface area contributed by atoms with Crippen LogP contribution in [0, 0.1) is 17.5 Å². The van der Waals surface area contributed by atoms with Gasteiger partial charge in [0, 0.05) is 84.4 Å². The van der Waals surface area contributed by atoms with Crippen LogP contribution in [0.2, 0.25) is 20.6 Å². The third kappa shape index (κ3) is 23.3. The molecule has 1 fully saturated rings. The van der Waals surface area contributed by atoms with Gasteiger partial charge in [-0.2, -0.15) is 52.7 Å². The van der Waals surface area contributed by atoms with E-state index in [9.17, 15) is 95.1 Å². The molecule has 2 aromatic carbocycles. The first-order chi connectivity index (χ1) is 59.5. The number of aromatic carboxylic acids is 1. The van der Waals surface area contributed by atoms with E-state index in [1.165, 1.54) is 71.1 Å². The standard InChI is InChI=1S/C25H17ClF4N4O.C19H14BClF4N4O3.C10H5BrClF3N2O2.C10H13FN2.C9H3BrClF3N2O2.C6H7BO2.ClH/c26-22-21(24(35)33-11-8-16(9-12-33)20-19(27)7-4-10-31-20)32-23-18(25(28,29)30)13-17(14-34(22)23)15-5-2-1-3-6-15;21-16-15(27-17-12(19(23,24)25)8-11(20(31)32)9-29(16)17)18(30)28-6-3-10(4-7-28)14-13(22)2-1-5-26-14;1-19-9(18)6-7(12)17-3-4(11)2-5(8(17)16-6)10(13,14)15;11-9-2-1-5-13-10(9)8-3-6-12-7-4-8;10-3-1-4(9(12,13)14)7-15-5(8(17)18)6(11)16(7)2-3;8-7(9)6-4-2-1-3-5-6;/h1-8,10,13-14H,9,11-12H2;1-3,5,8-9,31-32H,4,6-7H2;2-3H,1H3;1-2,5,8,12H,3-4,6-7H2;1-2H,(H,17,18);1-5,8-9H;1H. The van der Waals surface area contributed by atoms with Gasteiger partial charge in [-0.1, -0.05) is 119 Å². The van der Waals surface area contributed by atoms with E-state index in [0.29, 0.717) is 46.3 Å². The molecule has 0 aliphatic carbocycles. The van der Waals surface area contributed by atoms with Gasteiger partial charge in [0.05, 0.1) is 35.1 Å². The van der Waals surface area contributed by atoms with Crippen molar-refractivity contribution in [1.29, 1.82) is 0 Å². The molecule has 0 saturated carbocycles. The van der Waals surface area contributed by atoms with Gasteiger partial charge in [0.1, 0.15) is 49.5 Å². The van der Waals surface area contributed by atoms with Crippen molar-refractivity contribution in [3.8, 4) is 11.1 Å². The number of esters is 1. The van der Waals surface area contributed by atoms with Crippen LogP contribution in [0.3, 0.4) is 0 Å². The molecule has 0 radical (unpaired) electrons. The summed E-state index contributed by atoms with van der Waals surface area (Å²) in [6.07, 6.45) is -3.49. The van der Waals surface area contributed by atoms with E-state index in [1.807, 2.05) is 6.07 Å². The highest BCUT2D eigenvalue weighted by molar-refractivity contribution is 9.10. The second-order valence-electron chi connectivity index (χ2n) is 27.1. The number of halogens is 22. The van der Waals surface area contributed by atoms with Gasteiger partial charge in [-0.05, 0) is 164 Å². The van der Waals surface area contributed by atoms with Crippen molar-refractivity contribution >= 4 is 173 Å². The Morgan fingerprint density at radius 2 is 0.850 bits per heavy atom. The predicted octanol–water partition coefficient (Wildman–Crippen LogP) is 16.8. The molecule has 48 heteroatoms. The van der Waals surface area contributed by atoms with E-state index in [1.54, 1.807) is 79.0 Å². The molecule has 666 valence electrons. The molecule has 16 rings (SSSR count). The molecule has 2 amide bonds. The fourth-order valence-electron chi connectivity index (χ4n) is 12.9. The van der Waals surface area contributed by atoms with Gasteiger partial charge in [0.15, 0.2) is 45.4 Å². The first-order valence-corrected chi connectivity index (χ1v) is 39.7. The molecule has 3 aliphatic rings. The molecule has 3 aliphatic heterocycles. The number of methoxy groups -OCH3 is 1. The van der Waals surface area contributed by atoms with Crippen LogP contribution in [0.25, 0.3) is 44.9 Å². The number of pyridine rings is 7. The second-order valence-corrected chi connectivity index (χ2v) is 30.4. The van der Waals surface area contributed by atoms with Crippen molar-refractivity contribution in [3.63, 3.8) is 0 Å². The normalized spacial score (nSPS) is 13.7. The number of ether oxygens (including phenoxy) is 1. The Kier molecular flexibility index (Phi) is 32.3.